The topological polar surface area (TPSA) is 40.6 Å². The normalized spacial score (nSPS) is 17.9. The Morgan fingerprint density at radius 1 is 1.13 bits per heavy atom. The fraction of sp³-hybridized carbons (Fsp3) is 0.500. The number of benzene rings is 1. The van der Waals surface area contributed by atoms with Crippen LogP contribution in [0, 0.1) is 28.8 Å². The minimum atomic E-state index is -1.22. The van der Waals surface area contributed by atoms with E-state index in [1.54, 1.807) is 12.2 Å². The lowest BCUT2D eigenvalue weighted by molar-refractivity contribution is -0.120. The van der Waals surface area contributed by atoms with E-state index in [2.05, 4.69) is 20.8 Å². The highest BCUT2D eigenvalue weighted by molar-refractivity contribution is 6.14. The van der Waals surface area contributed by atoms with Gasteiger partial charge in [0.25, 0.3) is 0 Å². The van der Waals surface area contributed by atoms with Crippen molar-refractivity contribution in [2.24, 2.45) is 11.3 Å². The number of halogens is 3. The van der Waals surface area contributed by atoms with Crippen molar-refractivity contribution < 1.29 is 22.8 Å². The third-order valence-corrected chi connectivity index (χ3v) is 5.24. The molecule has 0 radical (unpaired) electrons. The van der Waals surface area contributed by atoms with E-state index >= 15 is 0 Å². The average molecular weight is 437 g/mol. The van der Waals surface area contributed by atoms with E-state index in [1.807, 2.05) is 23.9 Å². The van der Waals surface area contributed by atoms with Crippen LogP contribution in [0.3, 0.4) is 0 Å². The third kappa shape index (κ3) is 6.87. The number of rotatable bonds is 9. The molecule has 0 fully saturated rings. The Labute approximate surface area is 182 Å². The zero-order valence-electron chi connectivity index (χ0n) is 18.8. The summed E-state index contributed by atoms with van der Waals surface area (Å²) in [6.45, 7) is 6.74. The molecule has 0 aromatic heterocycles. The molecule has 1 aliphatic carbocycles. The maximum absolute atomic E-state index is 14.5. The summed E-state index contributed by atoms with van der Waals surface area (Å²) in [5.41, 5.74) is -0.398. The molecule has 0 amide bonds. The first-order valence-corrected chi connectivity index (χ1v) is 10.3. The molecular weight excluding hydrogens is 405 g/mol. The van der Waals surface area contributed by atoms with Gasteiger partial charge in [0.1, 0.15) is 5.82 Å². The number of likely N-dealkylation sites (N-methyl/N-ethyl adjacent to an activating group) is 1. The third-order valence-electron chi connectivity index (χ3n) is 5.24. The van der Waals surface area contributed by atoms with Crippen LogP contribution < -0.4 is 0 Å². The van der Waals surface area contributed by atoms with E-state index in [0.717, 1.165) is 12.1 Å². The summed E-state index contributed by atoms with van der Waals surface area (Å²) in [7, 11) is 3.80. The van der Waals surface area contributed by atoms with Gasteiger partial charge in [0, 0.05) is 31.2 Å². The number of nitrogens with zero attached hydrogens (tertiary/aromatic N) is 2. The van der Waals surface area contributed by atoms with Crippen molar-refractivity contribution in [3.8, 4) is 0 Å². The van der Waals surface area contributed by atoms with E-state index in [4.69, 9.17) is 0 Å². The summed E-state index contributed by atoms with van der Waals surface area (Å²) in [6.07, 6.45) is 5.98. The lowest BCUT2D eigenvalue weighted by atomic mass is 9.86. The van der Waals surface area contributed by atoms with Crippen LogP contribution in [0.25, 0.3) is 0 Å². The van der Waals surface area contributed by atoms with E-state index in [9.17, 15) is 22.8 Å². The first-order chi connectivity index (χ1) is 14.4. The van der Waals surface area contributed by atoms with Crippen molar-refractivity contribution in [1.82, 2.24) is 9.80 Å². The summed E-state index contributed by atoms with van der Waals surface area (Å²) in [6, 6.07) is 1.51. The van der Waals surface area contributed by atoms with E-state index < -0.39 is 23.4 Å². The fourth-order valence-electron chi connectivity index (χ4n) is 3.87. The van der Waals surface area contributed by atoms with Gasteiger partial charge in [-0.05, 0) is 44.1 Å². The number of ketones is 1. The van der Waals surface area contributed by atoms with Crippen LogP contribution >= 0.6 is 0 Å². The van der Waals surface area contributed by atoms with Crippen LogP contribution in [-0.2, 0) is 16.1 Å². The van der Waals surface area contributed by atoms with Gasteiger partial charge in [0.05, 0.1) is 11.5 Å². The van der Waals surface area contributed by atoms with Crippen molar-refractivity contribution in [3.05, 3.63) is 58.9 Å². The van der Waals surface area contributed by atoms with Gasteiger partial charge < -0.3 is 4.90 Å². The minimum absolute atomic E-state index is 0.0653. The van der Waals surface area contributed by atoms with Crippen LogP contribution in [0.4, 0.5) is 13.2 Å². The Bertz CT molecular complexity index is 872. The van der Waals surface area contributed by atoms with Crippen LogP contribution in [0.15, 0.2) is 35.9 Å². The highest BCUT2D eigenvalue weighted by Crippen LogP contribution is 2.28. The Balaban J connectivity index is 2.44. The molecule has 2 atom stereocenters. The molecule has 0 saturated carbocycles. The highest BCUT2D eigenvalue weighted by atomic mass is 19.2. The standard InChI is InChI=1S/C24H31F3N2O2/c1-24(2,3)11-18(13-28(4)5)29(12-16-7-6-8-17(15-30)23(16)31)14-19-20(25)9-10-21(26)22(19)27/h6-10,15-16,18H,11-14H2,1-5H3/t16?,18-/m0/s1. The average Bonchev–Trinajstić information content (AvgIpc) is 2.66. The molecule has 0 bridgehead atoms. The predicted molar refractivity (Wildman–Crippen MR) is 115 cm³/mol. The van der Waals surface area contributed by atoms with Crippen LogP contribution in [-0.4, -0.2) is 55.1 Å². The Hall–Kier alpha value is -2.25. The smallest absolute Gasteiger partial charge is 0.174 e. The summed E-state index contributed by atoms with van der Waals surface area (Å²) >= 11 is 0. The van der Waals surface area contributed by atoms with Gasteiger partial charge in [-0.15, -0.1) is 0 Å². The molecule has 0 saturated heterocycles. The molecule has 170 valence electrons. The maximum Gasteiger partial charge on any atom is 0.174 e. The lowest BCUT2D eigenvalue weighted by Gasteiger charge is -2.38. The van der Waals surface area contributed by atoms with Crippen molar-refractivity contribution in [3.63, 3.8) is 0 Å². The summed E-state index contributed by atoms with van der Waals surface area (Å²) in [5.74, 6) is -4.13. The number of allylic oxidation sites excluding steroid dienone is 3. The highest BCUT2D eigenvalue weighted by Gasteiger charge is 2.31. The second-order valence-corrected chi connectivity index (χ2v) is 9.53. The second kappa shape index (κ2) is 10.4. The van der Waals surface area contributed by atoms with Gasteiger partial charge >= 0.3 is 0 Å². The van der Waals surface area contributed by atoms with Crippen molar-refractivity contribution in [2.75, 3.05) is 27.2 Å². The number of hydrogen-bond acceptors (Lipinski definition) is 4. The monoisotopic (exact) mass is 436 g/mol. The first-order valence-electron chi connectivity index (χ1n) is 10.3. The van der Waals surface area contributed by atoms with E-state index in [1.165, 1.54) is 6.08 Å². The number of Topliss-reactive ketones (excluding diaryl/α,β-unsaturated/α-hetero) is 1. The molecule has 0 spiro atoms. The minimum Gasteiger partial charge on any atom is -0.308 e. The number of carbonyl (C=O) groups excluding carboxylic acids is 2. The van der Waals surface area contributed by atoms with E-state index in [0.29, 0.717) is 19.3 Å². The van der Waals surface area contributed by atoms with Crippen LogP contribution in [0.1, 0.15) is 32.8 Å². The van der Waals surface area contributed by atoms with Crippen LogP contribution in [0.2, 0.25) is 0 Å². The Morgan fingerprint density at radius 2 is 1.77 bits per heavy atom. The molecule has 4 nitrogen and oxygen atoms in total. The molecule has 1 aliphatic rings. The van der Waals surface area contributed by atoms with Gasteiger partial charge in [0.15, 0.2) is 23.7 Å². The van der Waals surface area contributed by atoms with Gasteiger partial charge in [-0.1, -0.05) is 32.9 Å². The Kier molecular flexibility index (Phi) is 8.37. The molecule has 1 unspecified atom stereocenters. The molecule has 1 aromatic carbocycles. The summed E-state index contributed by atoms with van der Waals surface area (Å²) in [5, 5.41) is 0. The quantitative estimate of drug-likeness (QED) is 0.331. The molecule has 0 heterocycles. The van der Waals surface area contributed by atoms with Crippen LogP contribution in [0.5, 0.6) is 0 Å². The van der Waals surface area contributed by atoms with Crippen molar-refractivity contribution in [2.45, 2.75) is 39.8 Å². The fourth-order valence-corrected chi connectivity index (χ4v) is 3.87. The lowest BCUT2D eigenvalue weighted by Crippen LogP contribution is -2.47. The number of hydrogen-bond donors (Lipinski definition) is 0. The van der Waals surface area contributed by atoms with Crippen molar-refractivity contribution in [1.29, 1.82) is 0 Å². The Morgan fingerprint density at radius 3 is 2.35 bits per heavy atom. The molecule has 7 heteroatoms. The number of aldehydes is 1. The molecular formula is C24H31F3N2O2. The summed E-state index contributed by atoms with van der Waals surface area (Å²) in [4.78, 5) is 27.7. The van der Waals surface area contributed by atoms with Crippen molar-refractivity contribution >= 4 is 12.1 Å². The molecule has 0 N–H and O–H groups in total. The molecule has 0 aliphatic heterocycles. The van der Waals surface area contributed by atoms with Gasteiger partial charge in [-0.2, -0.15) is 0 Å². The predicted octanol–water partition coefficient (Wildman–Crippen LogP) is 4.15. The van der Waals surface area contributed by atoms with Gasteiger partial charge in [0.2, 0.25) is 0 Å². The zero-order chi connectivity index (χ0) is 23.3. The number of carbonyl (C=O) groups is 2. The molecule has 1 aromatic rings. The summed E-state index contributed by atoms with van der Waals surface area (Å²) < 4.78 is 42.7. The SMILES string of the molecule is CN(C)C[C@H](CC(C)(C)C)N(Cc1c(F)ccc(F)c1F)CC1C=CC=C(C=O)C1=O. The van der Waals surface area contributed by atoms with Gasteiger partial charge in [-0.25, -0.2) is 13.2 Å². The van der Waals surface area contributed by atoms with Gasteiger partial charge in [-0.3, -0.25) is 14.5 Å². The van der Waals surface area contributed by atoms with E-state index in [-0.39, 0.29) is 41.5 Å². The maximum atomic E-state index is 14.5. The zero-order valence-corrected chi connectivity index (χ0v) is 18.8. The largest absolute Gasteiger partial charge is 0.308 e. The first kappa shape index (κ1) is 25.0. The second-order valence-electron chi connectivity index (χ2n) is 9.53. The molecule has 2 rings (SSSR count). The molecule has 31 heavy (non-hydrogen) atoms.